The molecule has 106 valence electrons. The van der Waals surface area contributed by atoms with E-state index in [-0.39, 0.29) is 30.3 Å². The van der Waals surface area contributed by atoms with Crippen molar-refractivity contribution in [3.63, 3.8) is 0 Å². The molecule has 0 saturated heterocycles. The molecule has 0 aromatic rings. The van der Waals surface area contributed by atoms with Crippen LogP contribution >= 0.6 is 0 Å². The van der Waals surface area contributed by atoms with Gasteiger partial charge < -0.3 is 20.9 Å². The van der Waals surface area contributed by atoms with Gasteiger partial charge in [-0.1, -0.05) is 20.8 Å². The maximum Gasteiger partial charge on any atom is 0.336 e. The fourth-order valence-corrected chi connectivity index (χ4v) is 1.60. The first-order valence-electron chi connectivity index (χ1n) is 5.94. The number of amides is 1. The van der Waals surface area contributed by atoms with Gasteiger partial charge in [-0.25, -0.2) is 4.79 Å². The SMILES string of the molecule is COC(=O)C(O)CNC(=O)CC(N)CC(C)(C)C. The summed E-state index contributed by atoms with van der Waals surface area (Å²) >= 11 is 0. The molecular formula is C12H24N2O4. The van der Waals surface area contributed by atoms with Crippen molar-refractivity contribution in [2.75, 3.05) is 13.7 Å². The number of rotatable bonds is 6. The minimum atomic E-state index is -1.34. The predicted molar refractivity (Wildman–Crippen MR) is 67.7 cm³/mol. The smallest absolute Gasteiger partial charge is 0.336 e. The Morgan fingerprint density at radius 2 is 1.94 bits per heavy atom. The molecule has 0 aliphatic heterocycles. The molecule has 0 fully saturated rings. The van der Waals surface area contributed by atoms with Gasteiger partial charge >= 0.3 is 5.97 Å². The van der Waals surface area contributed by atoms with E-state index >= 15 is 0 Å². The number of aliphatic hydroxyl groups excluding tert-OH is 1. The third kappa shape index (κ3) is 8.03. The van der Waals surface area contributed by atoms with E-state index in [4.69, 9.17) is 5.73 Å². The number of aliphatic hydroxyl groups is 1. The molecule has 1 amide bonds. The molecule has 6 nitrogen and oxygen atoms in total. The second-order valence-electron chi connectivity index (χ2n) is 5.57. The quantitative estimate of drug-likeness (QED) is 0.574. The summed E-state index contributed by atoms with van der Waals surface area (Å²) in [4.78, 5) is 22.4. The molecule has 0 aromatic heterocycles. The molecule has 4 N–H and O–H groups in total. The Labute approximate surface area is 108 Å². The average Bonchev–Trinajstić information content (AvgIpc) is 2.21. The van der Waals surface area contributed by atoms with E-state index in [2.05, 4.69) is 10.1 Å². The highest BCUT2D eigenvalue weighted by Gasteiger charge is 2.20. The average molecular weight is 260 g/mol. The summed E-state index contributed by atoms with van der Waals surface area (Å²) in [5.41, 5.74) is 5.90. The first-order valence-corrected chi connectivity index (χ1v) is 5.94. The Morgan fingerprint density at radius 1 is 1.39 bits per heavy atom. The largest absolute Gasteiger partial charge is 0.467 e. The minimum Gasteiger partial charge on any atom is -0.467 e. The molecule has 2 atom stereocenters. The minimum absolute atomic E-state index is 0.0607. The van der Waals surface area contributed by atoms with Crippen molar-refractivity contribution in [2.24, 2.45) is 11.1 Å². The Morgan fingerprint density at radius 3 is 2.39 bits per heavy atom. The van der Waals surface area contributed by atoms with Crippen molar-refractivity contribution in [1.82, 2.24) is 5.32 Å². The zero-order chi connectivity index (χ0) is 14.3. The highest BCUT2D eigenvalue weighted by atomic mass is 16.5. The number of methoxy groups -OCH3 is 1. The van der Waals surface area contributed by atoms with Crippen LogP contribution in [0.3, 0.4) is 0 Å². The lowest BCUT2D eigenvalue weighted by atomic mass is 9.87. The number of hydrogen-bond acceptors (Lipinski definition) is 5. The first-order chi connectivity index (χ1) is 8.15. The summed E-state index contributed by atoms with van der Waals surface area (Å²) in [5.74, 6) is -1.05. The second kappa shape index (κ2) is 7.33. The van der Waals surface area contributed by atoms with Crippen molar-refractivity contribution in [2.45, 2.75) is 45.8 Å². The van der Waals surface area contributed by atoms with Crippen molar-refractivity contribution < 1.29 is 19.4 Å². The first kappa shape index (κ1) is 16.9. The van der Waals surface area contributed by atoms with E-state index < -0.39 is 12.1 Å². The predicted octanol–water partition coefficient (Wildman–Crippen LogP) is -0.210. The van der Waals surface area contributed by atoms with Crippen LogP contribution in [0.2, 0.25) is 0 Å². The summed E-state index contributed by atoms with van der Waals surface area (Å²) in [5, 5.41) is 11.7. The van der Waals surface area contributed by atoms with Gasteiger partial charge in [0.2, 0.25) is 5.91 Å². The number of nitrogens with one attached hydrogen (secondary N) is 1. The van der Waals surface area contributed by atoms with Crippen molar-refractivity contribution >= 4 is 11.9 Å². The summed E-state index contributed by atoms with van der Waals surface area (Å²) < 4.78 is 4.33. The lowest BCUT2D eigenvalue weighted by Crippen LogP contribution is -2.40. The lowest BCUT2D eigenvalue weighted by Gasteiger charge is -2.22. The third-order valence-corrected chi connectivity index (χ3v) is 2.29. The van der Waals surface area contributed by atoms with Gasteiger partial charge in [-0.15, -0.1) is 0 Å². The Balaban J connectivity index is 3.94. The van der Waals surface area contributed by atoms with Crippen LogP contribution in [-0.4, -0.2) is 42.8 Å². The van der Waals surface area contributed by atoms with Crippen molar-refractivity contribution in [1.29, 1.82) is 0 Å². The van der Waals surface area contributed by atoms with Gasteiger partial charge in [-0.3, -0.25) is 4.79 Å². The molecule has 0 saturated carbocycles. The van der Waals surface area contributed by atoms with E-state index in [1.165, 1.54) is 7.11 Å². The maximum atomic E-state index is 11.5. The molecule has 18 heavy (non-hydrogen) atoms. The normalized spacial score (nSPS) is 14.8. The molecule has 2 unspecified atom stereocenters. The van der Waals surface area contributed by atoms with Crippen LogP contribution in [0.25, 0.3) is 0 Å². The maximum absolute atomic E-state index is 11.5. The van der Waals surface area contributed by atoms with E-state index in [9.17, 15) is 14.7 Å². The zero-order valence-electron chi connectivity index (χ0n) is 11.5. The molecule has 0 aliphatic rings. The molecule has 0 radical (unpaired) electrons. The van der Waals surface area contributed by atoms with E-state index in [1.54, 1.807) is 0 Å². The topological polar surface area (TPSA) is 102 Å². The van der Waals surface area contributed by atoms with Gasteiger partial charge in [-0.2, -0.15) is 0 Å². The van der Waals surface area contributed by atoms with Crippen LogP contribution in [0.15, 0.2) is 0 Å². The highest BCUT2D eigenvalue weighted by Crippen LogP contribution is 2.20. The molecule has 6 heteroatoms. The number of carbonyl (C=O) groups is 2. The lowest BCUT2D eigenvalue weighted by molar-refractivity contribution is -0.150. The molecule has 0 rings (SSSR count). The van der Waals surface area contributed by atoms with Crippen LogP contribution in [0, 0.1) is 5.41 Å². The van der Waals surface area contributed by atoms with Crippen molar-refractivity contribution in [3.8, 4) is 0 Å². The fraction of sp³-hybridized carbons (Fsp3) is 0.833. The highest BCUT2D eigenvalue weighted by molar-refractivity contribution is 5.79. The Bertz CT molecular complexity index is 286. The molecule has 0 bridgehead atoms. The van der Waals surface area contributed by atoms with Crippen LogP contribution in [-0.2, 0) is 14.3 Å². The summed E-state index contributed by atoms with van der Waals surface area (Å²) in [6.45, 7) is 5.98. The fourth-order valence-electron chi connectivity index (χ4n) is 1.60. The number of nitrogens with two attached hydrogens (primary N) is 1. The van der Waals surface area contributed by atoms with Gasteiger partial charge in [0, 0.05) is 12.5 Å². The summed E-state index contributed by atoms with van der Waals surface area (Å²) in [7, 11) is 1.17. The third-order valence-electron chi connectivity index (χ3n) is 2.29. The molecule has 0 heterocycles. The van der Waals surface area contributed by atoms with Crippen LogP contribution in [0.1, 0.15) is 33.6 Å². The van der Waals surface area contributed by atoms with E-state index in [0.717, 1.165) is 6.42 Å². The van der Waals surface area contributed by atoms with Gasteiger partial charge in [0.25, 0.3) is 0 Å². The van der Waals surface area contributed by atoms with Crippen LogP contribution in [0.4, 0.5) is 0 Å². The second-order valence-corrected chi connectivity index (χ2v) is 5.57. The van der Waals surface area contributed by atoms with Gasteiger partial charge in [0.15, 0.2) is 6.10 Å². The monoisotopic (exact) mass is 260 g/mol. The summed E-state index contributed by atoms with van der Waals surface area (Å²) in [6.07, 6.45) is -0.441. The van der Waals surface area contributed by atoms with Crippen molar-refractivity contribution in [3.05, 3.63) is 0 Å². The molecule has 0 aromatic carbocycles. The number of hydrogen-bond donors (Lipinski definition) is 3. The Hall–Kier alpha value is -1.14. The van der Waals surface area contributed by atoms with Gasteiger partial charge in [0.05, 0.1) is 13.7 Å². The molecular weight excluding hydrogens is 236 g/mol. The standard InChI is InChI=1S/C12H24N2O4/c1-12(2,3)6-8(13)5-10(16)14-7-9(15)11(17)18-4/h8-9,15H,5-7,13H2,1-4H3,(H,14,16). The summed E-state index contributed by atoms with van der Waals surface area (Å²) in [6, 6.07) is -0.236. The number of esters is 1. The molecule has 0 spiro atoms. The zero-order valence-corrected chi connectivity index (χ0v) is 11.5. The van der Waals surface area contributed by atoms with Gasteiger partial charge in [-0.05, 0) is 11.8 Å². The van der Waals surface area contributed by atoms with E-state index in [1.807, 2.05) is 20.8 Å². The number of ether oxygens (including phenoxy) is 1. The van der Waals surface area contributed by atoms with Crippen LogP contribution in [0.5, 0.6) is 0 Å². The van der Waals surface area contributed by atoms with Crippen LogP contribution < -0.4 is 11.1 Å². The van der Waals surface area contributed by atoms with E-state index in [0.29, 0.717) is 0 Å². The number of carbonyl (C=O) groups excluding carboxylic acids is 2. The van der Waals surface area contributed by atoms with Gasteiger partial charge in [0.1, 0.15) is 0 Å². The molecule has 0 aliphatic carbocycles. The Kier molecular flexibility index (Phi) is 6.86.